The molecule has 0 saturated heterocycles. The van der Waals surface area contributed by atoms with Gasteiger partial charge < -0.3 is 9.84 Å². The van der Waals surface area contributed by atoms with Gasteiger partial charge in [-0.1, -0.05) is 49.2 Å². The van der Waals surface area contributed by atoms with Crippen LogP contribution in [0.2, 0.25) is 5.02 Å². The van der Waals surface area contributed by atoms with Gasteiger partial charge in [0.05, 0.1) is 0 Å². The molecule has 19 heavy (non-hydrogen) atoms. The van der Waals surface area contributed by atoms with Crippen LogP contribution in [0.25, 0.3) is 10.8 Å². The maximum Gasteiger partial charge on any atom is 0.344 e. The number of hydrogen-bond donors (Lipinski definition) is 1. The number of benzene rings is 2. The first-order valence-corrected chi connectivity index (χ1v) is 6.58. The molecule has 2 rings (SSSR count). The second-order valence-electron chi connectivity index (χ2n) is 4.32. The van der Waals surface area contributed by atoms with Gasteiger partial charge in [-0.2, -0.15) is 0 Å². The standard InChI is InChI=1S/C15H15ClO3/c1-2-5-14(15(17)18)19-13-9-8-12(16)10-6-3-4-7-11(10)13/h3-4,6-9,14H,2,5H2,1H3,(H,17,18). The Morgan fingerprint density at radius 2 is 1.95 bits per heavy atom. The molecule has 0 amide bonds. The highest BCUT2D eigenvalue weighted by atomic mass is 35.5. The first kappa shape index (κ1) is 13.7. The molecule has 0 heterocycles. The van der Waals surface area contributed by atoms with E-state index in [1.165, 1.54) is 0 Å². The number of fused-ring (bicyclic) bond motifs is 1. The summed E-state index contributed by atoms with van der Waals surface area (Å²) in [6.07, 6.45) is 0.406. The van der Waals surface area contributed by atoms with Gasteiger partial charge >= 0.3 is 5.97 Å². The summed E-state index contributed by atoms with van der Waals surface area (Å²) >= 11 is 6.12. The van der Waals surface area contributed by atoms with Crippen molar-refractivity contribution in [1.82, 2.24) is 0 Å². The van der Waals surface area contributed by atoms with Gasteiger partial charge in [-0.3, -0.25) is 0 Å². The summed E-state index contributed by atoms with van der Waals surface area (Å²) in [5, 5.41) is 11.5. The Labute approximate surface area is 116 Å². The zero-order valence-corrected chi connectivity index (χ0v) is 11.4. The molecule has 4 heteroatoms. The van der Waals surface area contributed by atoms with Gasteiger partial charge in [0.1, 0.15) is 5.75 Å². The molecule has 0 fully saturated rings. The predicted octanol–water partition coefficient (Wildman–Crippen LogP) is 4.13. The largest absolute Gasteiger partial charge is 0.479 e. The topological polar surface area (TPSA) is 46.5 Å². The van der Waals surface area contributed by atoms with Crippen molar-refractivity contribution in [2.24, 2.45) is 0 Å². The van der Waals surface area contributed by atoms with E-state index >= 15 is 0 Å². The van der Waals surface area contributed by atoms with E-state index in [9.17, 15) is 4.79 Å². The fourth-order valence-electron chi connectivity index (χ4n) is 1.99. The highest BCUT2D eigenvalue weighted by molar-refractivity contribution is 6.35. The zero-order chi connectivity index (χ0) is 13.8. The summed E-state index contributed by atoms with van der Waals surface area (Å²) < 4.78 is 5.63. The van der Waals surface area contributed by atoms with Crippen molar-refractivity contribution in [1.29, 1.82) is 0 Å². The van der Waals surface area contributed by atoms with Crippen LogP contribution in [0, 0.1) is 0 Å². The molecule has 0 spiro atoms. The lowest BCUT2D eigenvalue weighted by molar-refractivity contribution is -0.145. The second-order valence-corrected chi connectivity index (χ2v) is 4.73. The van der Waals surface area contributed by atoms with Crippen LogP contribution in [0.3, 0.4) is 0 Å². The predicted molar refractivity (Wildman–Crippen MR) is 75.9 cm³/mol. The quantitative estimate of drug-likeness (QED) is 0.895. The van der Waals surface area contributed by atoms with Gasteiger partial charge in [-0.15, -0.1) is 0 Å². The molecule has 100 valence electrons. The number of carboxylic acid groups (broad SMARTS) is 1. The number of halogens is 1. The van der Waals surface area contributed by atoms with Crippen LogP contribution >= 0.6 is 11.6 Å². The van der Waals surface area contributed by atoms with Crippen LogP contribution < -0.4 is 4.74 Å². The van der Waals surface area contributed by atoms with Crippen LogP contribution in [0.4, 0.5) is 0 Å². The summed E-state index contributed by atoms with van der Waals surface area (Å²) in [7, 11) is 0. The van der Waals surface area contributed by atoms with Gasteiger partial charge in [-0.05, 0) is 18.6 Å². The molecule has 0 aliphatic carbocycles. The third-order valence-electron chi connectivity index (χ3n) is 2.93. The lowest BCUT2D eigenvalue weighted by Gasteiger charge is -2.16. The summed E-state index contributed by atoms with van der Waals surface area (Å²) in [6, 6.07) is 11.0. The molecule has 3 nitrogen and oxygen atoms in total. The van der Waals surface area contributed by atoms with Crippen molar-refractivity contribution >= 4 is 28.3 Å². The Balaban J connectivity index is 2.40. The van der Waals surface area contributed by atoms with E-state index in [1.54, 1.807) is 12.1 Å². The highest BCUT2D eigenvalue weighted by Gasteiger charge is 2.19. The molecule has 0 aliphatic rings. The Hall–Kier alpha value is -1.74. The molecule has 1 N–H and O–H groups in total. The Morgan fingerprint density at radius 3 is 2.58 bits per heavy atom. The van der Waals surface area contributed by atoms with E-state index in [0.29, 0.717) is 17.2 Å². The Bertz CT molecular complexity index is 595. The van der Waals surface area contributed by atoms with Crippen LogP contribution in [0.5, 0.6) is 5.75 Å². The third kappa shape index (κ3) is 2.99. The van der Waals surface area contributed by atoms with Gasteiger partial charge in [0.2, 0.25) is 0 Å². The third-order valence-corrected chi connectivity index (χ3v) is 3.26. The van der Waals surface area contributed by atoms with Crippen LogP contribution in [-0.2, 0) is 4.79 Å². The van der Waals surface area contributed by atoms with Gasteiger partial charge in [0, 0.05) is 15.8 Å². The SMILES string of the molecule is CCCC(Oc1ccc(Cl)c2ccccc12)C(=O)O. The summed E-state index contributed by atoms with van der Waals surface area (Å²) in [6.45, 7) is 1.93. The van der Waals surface area contributed by atoms with Gasteiger partial charge in [0.25, 0.3) is 0 Å². The first-order chi connectivity index (χ1) is 9.13. The van der Waals surface area contributed by atoms with Crippen LogP contribution in [0.15, 0.2) is 36.4 Å². The Morgan fingerprint density at radius 1 is 1.26 bits per heavy atom. The summed E-state index contributed by atoms with van der Waals surface area (Å²) in [5.74, 6) is -0.387. The van der Waals surface area contributed by atoms with Crippen LogP contribution in [-0.4, -0.2) is 17.2 Å². The minimum Gasteiger partial charge on any atom is -0.479 e. The summed E-state index contributed by atoms with van der Waals surface area (Å²) in [5.41, 5.74) is 0. The normalized spacial score (nSPS) is 12.3. The van der Waals surface area contributed by atoms with E-state index in [2.05, 4.69) is 0 Å². The minimum absolute atomic E-state index is 0.478. The van der Waals surface area contributed by atoms with Gasteiger partial charge in [0.15, 0.2) is 6.10 Å². The maximum absolute atomic E-state index is 11.1. The molecular weight excluding hydrogens is 264 g/mol. The Kier molecular flexibility index (Phi) is 4.27. The molecule has 0 aliphatic heterocycles. The van der Waals surface area contributed by atoms with E-state index in [0.717, 1.165) is 17.2 Å². The van der Waals surface area contributed by atoms with Crippen molar-refractivity contribution in [3.8, 4) is 5.75 Å². The molecule has 0 bridgehead atoms. The maximum atomic E-state index is 11.1. The van der Waals surface area contributed by atoms with E-state index < -0.39 is 12.1 Å². The molecule has 0 saturated carbocycles. The molecule has 0 aromatic heterocycles. The van der Waals surface area contributed by atoms with E-state index in [1.807, 2.05) is 31.2 Å². The van der Waals surface area contributed by atoms with Gasteiger partial charge in [-0.25, -0.2) is 4.79 Å². The van der Waals surface area contributed by atoms with Crippen molar-refractivity contribution in [3.05, 3.63) is 41.4 Å². The first-order valence-electron chi connectivity index (χ1n) is 6.20. The fraction of sp³-hybridized carbons (Fsp3) is 0.267. The lowest BCUT2D eigenvalue weighted by Crippen LogP contribution is -2.26. The molecule has 0 radical (unpaired) electrons. The van der Waals surface area contributed by atoms with Crippen molar-refractivity contribution < 1.29 is 14.6 Å². The number of rotatable bonds is 5. The lowest BCUT2D eigenvalue weighted by atomic mass is 10.1. The monoisotopic (exact) mass is 278 g/mol. The number of carbonyl (C=O) groups is 1. The molecule has 1 atom stereocenters. The molecule has 1 unspecified atom stereocenters. The molecular formula is C15H15ClO3. The van der Waals surface area contributed by atoms with Crippen LogP contribution in [0.1, 0.15) is 19.8 Å². The van der Waals surface area contributed by atoms with Crippen molar-refractivity contribution in [3.63, 3.8) is 0 Å². The smallest absolute Gasteiger partial charge is 0.344 e. The molecule has 2 aromatic rings. The number of ether oxygens (including phenoxy) is 1. The van der Waals surface area contributed by atoms with Crippen molar-refractivity contribution in [2.45, 2.75) is 25.9 Å². The minimum atomic E-state index is -0.944. The average molecular weight is 279 g/mol. The fourth-order valence-corrected chi connectivity index (χ4v) is 2.21. The van der Waals surface area contributed by atoms with E-state index in [4.69, 9.17) is 21.4 Å². The zero-order valence-electron chi connectivity index (χ0n) is 10.6. The average Bonchev–Trinajstić information content (AvgIpc) is 2.41. The number of aliphatic carboxylic acids is 1. The van der Waals surface area contributed by atoms with Crippen molar-refractivity contribution in [2.75, 3.05) is 0 Å². The van der Waals surface area contributed by atoms with E-state index in [-0.39, 0.29) is 0 Å². The second kappa shape index (κ2) is 5.93. The highest BCUT2D eigenvalue weighted by Crippen LogP contribution is 2.32. The number of carboxylic acids is 1. The summed E-state index contributed by atoms with van der Waals surface area (Å²) in [4.78, 5) is 11.1. The molecule has 2 aromatic carbocycles. The number of hydrogen-bond acceptors (Lipinski definition) is 2.